The van der Waals surface area contributed by atoms with Gasteiger partial charge in [0.1, 0.15) is 0 Å². The van der Waals surface area contributed by atoms with E-state index in [1.54, 1.807) is 28.8 Å². The molecule has 0 saturated heterocycles. The molecular weight excluding hydrogens is 362 g/mol. The summed E-state index contributed by atoms with van der Waals surface area (Å²) in [6.07, 6.45) is 0. The minimum absolute atomic E-state index is 0.0687. The fraction of sp³-hybridized carbons (Fsp3) is 0.105. The molecular formula is C19H17N5O2S. The van der Waals surface area contributed by atoms with Crippen LogP contribution in [0.2, 0.25) is 0 Å². The largest absolute Gasteiger partial charge is 0.283 e. The third-order valence-electron chi connectivity index (χ3n) is 4.07. The van der Waals surface area contributed by atoms with E-state index in [1.807, 2.05) is 49.4 Å². The van der Waals surface area contributed by atoms with Crippen LogP contribution in [-0.2, 0) is 15.8 Å². The van der Waals surface area contributed by atoms with E-state index in [4.69, 9.17) is 0 Å². The lowest BCUT2D eigenvalue weighted by atomic mass is 10.1. The summed E-state index contributed by atoms with van der Waals surface area (Å²) >= 11 is 0. The Labute approximate surface area is 156 Å². The molecule has 0 aliphatic heterocycles. The second-order valence-electron chi connectivity index (χ2n) is 6.16. The van der Waals surface area contributed by atoms with Crippen molar-refractivity contribution in [1.82, 2.24) is 19.8 Å². The summed E-state index contributed by atoms with van der Waals surface area (Å²) in [6, 6.07) is 19.9. The Bertz CT molecular complexity index is 1190. The van der Waals surface area contributed by atoms with Gasteiger partial charge in [0.15, 0.2) is 11.5 Å². The SMILES string of the molecule is Cc1nnc2ccc(-c3ccc(NS(=O)(=O)Cc4ccccc4)cc3)nn12. The summed E-state index contributed by atoms with van der Waals surface area (Å²) in [5.41, 5.74) is 3.56. The molecule has 2 aromatic carbocycles. The standard InChI is InChI=1S/C19H17N5O2S/c1-14-20-21-19-12-11-18(22-24(14)19)16-7-9-17(10-8-16)23-27(25,26)13-15-5-3-2-4-6-15/h2-12,23H,13H2,1H3. The second-order valence-corrected chi connectivity index (χ2v) is 7.88. The van der Waals surface area contributed by atoms with Crippen molar-refractivity contribution in [3.05, 3.63) is 78.1 Å². The van der Waals surface area contributed by atoms with Gasteiger partial charge in [0.25, 0.3) is 0 Å². The lowest BCUT2D eigenvalue weighted by molar-refractivity contribution is 0.600. The fourth-order valence-electron chi connectivity index (χ4n) is 2.77. The van der Waals surface area contributed by atoms with Crippen molar-refractivity contribution in [3.8, 4) is 11.3 Å². The molecule has 0 atom stereocenters. The average Bonchev–Trinajstić information content (AvgIpc) is 3.03. The first-order valence-corrected chi connectivity index (χ1v) is 9.99. The first-order valence-electron chi connectivity index (χ1n) is 8.34. The summed E-state index contributed by atoms with van der Waals surface area (Å²) in [4.78, 5) is 0. The maximum atomic E-state index is 12.3. The van der Waals surface area contributed by atoms with Crippen molar-refractivity contribution in [2.75, 3.05) is 4.72 Å². The van der Waals surface area contributed by atoms with Gasteiger partial charge in [-0.3, -0.25) is 4.72 Å². The Hall–Kier alpha value is -3.26. The Morgan fingerprint density at radius 2 is 1.67 bits per heavy atom. The van der Waals surface area contributed by atoms with Gasteiger partial charge in [0.05, 0.1) is 11.4 Å². The Balaban J connectivity index is 1.53. The summed E-state index contributed by atoms with van der Waals surface area (Å²) in [6.45, 7) is 1.83. The van der Waals surface area contributed by atoms with E-state index >= 15 is 0 Å². The van der Waals surface area contributed by atoms with Gasteiger partial charge >= 0.3 is 0 Å². The molecule has 0 spiro atoms. The number of nitrogens with one attached hydrogen (secondary N) is 1. The van der Waals surface area contributed by atoms with Crippen molar-refractivity contribution < 1.29 is 8.42 Å². The molecule has 7 nitrogen and oxygen atoms in total. The number of rotatable bonds is 5. The highest BCUT2D eigenvalue weighted by Gasteiger charge is 2.12. The van der Waals surface area contributed by atoms with Crippen molar-refractivity contribution in [3.63, 3.8) is 0 Å². The van der Waals surface area contributed by atoms with Gasteiger partial charge in [-0.2, -0.15) is 9.61 Å². The summed E-state index contributed by atoms with van der Waals surface area (Å²) < 4.78 is 29.0. The van der Waals surface area contributed by atoms with E-state index in [0.29, 0.717) is 17.2 Å². The highest BCUT2D eigenvalue weighted by Crippen LogP contribution is 2.21. The van der Waals surface area contributed by atoms with E-state index in [1.165, 1.54) is 0 Å². The number of aryl methyl sites for hydroxylation is 1. The highest BCUT2D eigenvalue weighted by molar-refractivity contribution is 7.91. The molecule has 1 N–H and O–H groups in total. The van der Waals surface area contributed by atoms with Crippen LogP contribution in [0.3, 0.4) is 0 Å². The van der Waals surface area contributed by atoms with Crippen molar-refractivity contribution in [2.24, 2.45) is 0 Å². The van der Waals surface area contributed by atoms with E-state index in [9.17, 15) is 8.42 Å². The van der Waals surface area contributed by atoms with Crippen LogP contribution in [-0.4, -0.2) is 28.2 Å². The molecule has 4 rings (SSSR count). The Morgan fingerprint density at radius 1 is 0.926 bits per heavy atom. The number of aromatic nitrogens is 4. The molecule has 0 amide bonds. The first-order chi connectivity index (χ1) is 13.0. The van der Waals surface area contributed by atoms with E-state index in [0.717, 1.165) is 16.8 Å². The molecule has 4 aromatic rings. The summed E-state index contributed by atoms with van der Waals surface area (Å²) in [7, 11) is -3.48. The molecule has 27 heavy (non-hydrogen) atoms. The molecule has 2 heterocycles. The van der Waals surface area contributed by atoms with Crippen molar-refractivity contribution in [2.45, 2.75) is 12.7 Å². The molecule has 0 fully saturated rings. The number of sulfonamides is 1. The third kappa shape index (κ3) is 3.80. The average molecular weight is 379 g/mol. The smallest absolute Gasteiger partial charge is 0.236 e. The van der Waals surface area contributed by atoms with Gasteiger partial charge in [0, 0.05) is 11.3 Å². The van der Waals surface area contributed by atoms with Gasteiger partial charge in [0.2, 0.25) is 10.0 Å². The van der Waals surface area contributed by atoms with Crippen LogP contribution in [0.1, 0.15) is 11.4 Å². The summed E-state index contributed by atoms with van der Waals surface area (Å²) in [5, 5.41) is 12.5. The van der Waals surface area contributed by atoms with Gasteiger partial charge in [-0.15, -0.1) is 10.2 Å². The van der Waals surface area contributed by atoms with Crippen LogP contribution in [0, 0.1) is 6.92 Å². The topological polar surface area (TPSA) is 89.2 Å². The van der Waals surface area contributed by atoms with Crippen LogP contribution in [0.4, 0.5) is 5.69 Å². The zero-order valence-corrected chi connectivity index (χ0v) is 15.4. The predicted octanol–water partition coefficient (Wildman–Crippen LogP) is 3.04. The fourth-order valence-corrected chi connectivity index (χ4v) is 3.97. The molecule has 0 unspecified atom stereocenters. The van der Waals surface area contributed by atoms with E-state index in [-0.39, 0.29) is 5.75 Å². The number of nitrogens with zero attached hydrogens (tertiary/aromatic N) is 4. The molecule has 0 radical (unpaired) electrons. The molecule has 0 aliphatic carbocycles. The van der Waals surface area contributed by atoms with Crippen LogP contribution in [0.15, 0.2) is 66.7 Å². The quantitative estimate of drug-likeness (QED) is 0.576. The molecule has 0 aliphatic rings. The third-order valence-corrected chi connectivity index (χ3v) is 5.33. The maximum Gasteiger partial charge on any atom is 0.236 e. The van der Waals surface area contributed by atoms with E-state index in [2.05, 4.69) is 20.0 Å². The highest BCUT2D eigenvalue weighted by atomic mass is 32.2. The maximum absolute atomic E-state index is 12.3. The number of hydrogen-bond donors (Lipinski definition) is 1. The minimum atomic E-state index is -3.48. The lowest BCUT2D eigenvalue weighted by Gasteiger charge is -2.09. The predicted molar refractivity (Wildman–Crippen MR) is 104 cm³/mol. The number of fused-ring (bicyclic) bond motifs is 1. The number of anilines is 1. The van der Waals surface area contributed by atoms with Crippen LogP contribution in [0.5, 0.6) is 0 Å². The molecule has 8 heteroatoms. The Kier molecular flexibility index (Phi) is 4.33. The van der Waals surface area contributed by atoms with Crippen LogP contribution < -0.4 is 4.72 Å². The van der Waals surface area contributed by atoms with Gasteiger partial charge < -0.3 is 0 Å². The molecule has 0 saturated carbocycles. The van der Waals surface area contributed by atoms with Gasteiger partial charge in [-0.1, -0.05) is 42.5 Å². The van der Waals surface area contributed by atoms with Crippen LogP contribution in [0.25, 0.3) is 16.9 Å². The van der Waals surface area contributed by atoms with E-state index < -0.39 is 10.0 Å². The molecule has 136 valence electrons. The molecule has 2 aromatic heterocycles. The zero-order chi connectivity index (χ0) is 18.9. The zero-order valence-electron chi connectivity index (χ0n) is 14.6. The normalized spacial score (nSPS) is 11.6. The lowest BCUT2D eigenvalue weighted by Crippen LogP contribution is -2.14. The van der Waals surface area contributed by atoms with Gasteiger partial charge in [-0.25, -0.2) is 8.42 Å². The van der Waals surface area contributed by atoms with Crippen LogP contribution >= 0.6 is 0 Å². The van der Waals surface area contributed by atoms with Crippen molar-refractivity contribution in [1.29, 1.82) is 0 Å². The minimum Gasteiger partial charge on any atom is -0.283 e. The second kappa shape index (κ2) is 6.81. The summed E-state index contributed by atoms with van der Waals surface area (Å²) in [5.74, 6) is 0.637. The number of hydrogen-bond acceptors (Lipinski definition) is 5. The Morgan fingerprint density at radius 3 is 2.41 bits per heavy atom. The number of benzene rings is 2. The van der Waals surface area contributed by atoms with Crippen molar-refractivity contribution >= 4 is 21.4 Å². The molecule has 0 bridgehead atoms. The first kappa shape index (κ1) is 17.2. The van der Waals surface area contributed by atoms with Gasteiger partial charge in [-0.05, 0) is 36.8 Å². The monoisotopic (exact) mass is 379 g/mol.